The molecule has 0 amide bonds. The maximum absolute atomic E-state index is 5.81. The molecule has 0 fully saturated rings. The van der Waals surface area contributed by atoms with Crippen molar-refractivity contribution in [2.75, 3.05) is 0 Å². The smallest absolute Gasteiger partial charge is 0.0406 e. The topological polar surface area (TPSA) is 0 Å². The zero-order valence-electron chi connectivity index (χ0n) is 7.70. The summed E-state index contributed by atoms with van der Waals surface area (Å²) >= 11 is 5.81. The van der Waals surface area contributed by atoms with Crippen molar-refractivity contribution in [2.45, 2.75) is 6.42 Å². The summed E-state index contributed by atoms with van der Waals surface area (Å²) in [6.07, 6.45) is 0.950. The van der Waals surface area contributed by atoms with Crippen LogP contribution in [-0.2, 0) is 6.42 Å². The number of halogens is 1. The molecule has 0 aromatic heterocycles. The average Bonchev–Trinajstić information content (AvgIpc) is 2.23. The highest BCUT2D eigenvalue weighted by Crippen LogP contribution is 2.13. The van der Waals surface area contributed by atoms with E-state index in [-0.39, 0.29) is 0 Å². The van der Waals surface area contributed by atoms with Gasteiger partial charge in [-0.05, 0) is 35.7 Å². The Morgan fingerprint density at radius 1 is 0.857 bits per heavy atom. The third kappa shape index (κ3) is 2.36. The van der Waals surface area contributed by atoms with Gasteiger partial charge in [0.15, 0.2) is 0 Å². The SMILES string of the molecule is Clc1ccc(Cc2cc[c]cc2)cc1. The highest BCUT2D eigenvalue weighted by atomic mass is 35.5. The van der Waals surface area contributed by atoms with Crippen molar-refractivity contribution in [2.24, 2.45) is 0 Å². The predicted molar refractivity (Wildman–Crippen MR) is 59.5 cm³/mol. The Morgan fingerprint density at radius 2 is 1.43 bits per heavy atom. The predicted octanol–water partition coefficient (Wildman–Crippen LogP) is 3.73. The third-order valence-electron chi connectivity index (χ3n) is 2.11. The second-order valence-electron chi connectivity index (χ2n) is 3.21. The molecular weight excluding hydrogens is 192 g/mol. The first kappa shape index (κ1) is 9.29. The van der Waals surface area contributed by atoms with E-state index in [2.05, 4.69) is 30.3 Å². The third-order valence-corrected chi connectivity index (χ3v) is 2.36. The maximum atomic E-state index is 5.81. The van der Waals surface area contributed by atoms with Crippen LogP contribution in [0.2, 0.25) is 5.02 Å². The van der Waals surface area contributed by atoms with Crippen molar-refractivity contribution >= 4 is 11.6 Å². The summed E-state index contributed by atoms with van der Waals surface area (Å²) in [6.45, 7) is 0. The van der Waals surface area contributed by atoms with E-state index in [9.17, 15) is 0 Å². The van der Waals surface area contributed by atoms with Crippen LogP contribution in [0.4, 0.5) is 0 Å². The molecule has 0 bridgehead atoms. The molecule has 0 nitrogen and oxygen atoms in total. The summed E-state index contributed by atoms with van der Waals surface area (Å²) in [7, 11) is 0. The van der Waals surface area contributed by atoms with Gasteiger partial charge in [0, 0.05) is 5.02 Å². The zero-order chi connectivity index (χ0) is 9.80. The van der Waals surface area contributed by atoms with Gasteiger partial charge >= 0.3 is 0 Å². The van der Waals surface area contributed by atoms with Crippen molar-refractivity contribution in [1.82, 2.24) is 0 Å². The fraction of sp³-hybridized carbons (Fsp3) is 0.0769. The fourth-order valence-corrected chi connectivity index (χ4v) is 1.50. The second kappa shape index (κ2) is 4.30. The van der Waals surface area contributed by atoms with E-state index in [1.807, 2.05) is 24.3 Å². The van der Waals surface area contributed by atoms with E-state index >= 15 is 0 Å². The van der Waals surface area contributed by atoms with Gasteiger partial charge in [0.1, 0.15) is 0 Å². The highest BCUT2D eigenvalue weighted by molar-refractivity contribution is 6.30. The molecule has 0 saturated heterocycles. The first-order valence-corrected chi connectivity index (χ1v) is 4.92. The summed E-state index contributed by atoms with van der Waals surface area (Å²) in [5.41, 5.74) is 2.58. The Labute approximate surface area is 89.2 Å². The van der Waals surface area contributed by atoms with E-state index in [1.165, 1.54) is 11.1 Å². The Morgan fingerprint density at radius 3 is 2.07 bits per heavy atom. The standard InChI is InChI=1S/C13H10Cl/c14-13-8-6-12(7-9-13)10-11-4-2-1-3-5-11/h2-9H,10H2. The van der Waals surface area contributed by atoms with Crippen LogP contribution in [0.3, 0.4) is 0 Å². The molecule has 0 aliphatic carbocycles. The van der Waals surface area contributed by atoms with Crippen molar-refractivity contribution in [3.8, 4) is 0 Å². The Bertz CT molecular complexity index is 389. The minimum atomic E-state index is 0.787. The van der Waals surface area contributed by atoms with Crippen LogP contribution >= 0.6 is 11.6 Å². The van der Waals surface area contributed by atoms with E-state index < -0.39 is 0 Å². The molecule has 1 heteroatoms. The van der Waals surface area contributed by atoms with Gasteiger partial charge in [0.2, 0.25) is 0 Å². The van der Waals surface area contributed by atoms with Gasteiger partial charge < -0.3 is 0 Å². The molecule has 1 radical (unpaired) electrons. The summed E-state index contributed by atoms with van der Waals surface area (Å²) in [6, 6.07) is 19.0. The molecule has 0 unspecified atom stereocenters. The normalized spacial score (nSPS) is 10.1. The fourth-order valence-electron chi connectivity index (χ4n) is 1.38. The number of hydrogen-bond donors (Lipinski definition) is 0. The molecule has 0 spiro atoms. The molecule has 0 heterocycles. The van der Waals surface area contributed by atoms with Crippen molar-refractivity contribution < 1.29 is 0 Å². The van der Waals surface area contributed by atoms with E-state index in [0.717, 1.165) is 11.4 Å². The lowest BCUT2D eigenvalue weighted by atomic mass is 10.1. The average molecular weight is 202 g/mol. The molecule has 2 aromatic rings. The Balaban J connectivity index is 2.16. The summed E-state index contributed by atoms with van der Waals surface area (Å²) in [5.74, 6) is 0. The number of rotatable bonds is 2. The van der Waals surface area contributed by atoms with Crippen LogP contribution in [-0.4, -0.2) is 0 Å². The molecule has 0 atom stereocenters. The highest BCUT2D eigenvalue weighted by Gasteiger charge is 1.94. The summed E-state index contributed by atoms with van der Waals surface area (Å²) < 4.78 is 0. The van der Waals surface area contributed by atoms with Gasteiger partial charge in [-0.1, -0.05) is 48.0 Å². The van der Waals surface area contributed by atoms with Gasteiger partial charge in [0.25, 0.3) is 0 Å². The van der Waals surface area contributed by atoms with Crippen LogP contribution in [0.25, 0.3) is 0 Å². The lowest BCUT2D eigenvalue weighted by molar-refractivity contribution is 1.19. The first-order chi connectivity index (χ1) is 6.84. The molecule has 69 valence electrons. The molecule has 0 aliphatic rings. The minimum absolute atomic E-state index is 0.787. The van der Waals surface area contributed by atoms with Crippen molar-refractivity contribution in [1.29, 1.82) is 0 Å². The second-order valence-corrected chi connectivity index (χ2v) is 3.65. The molecular formula is C13H10Cl. The van der Waals surface area contributed by atoms with E-state index in [1.54, 1.807) is 0 Å². The number of benzene rings is 2. The largest absolute Gasteiger partial charge is 0.0843 e. The van der Waals surface area contributed by atoms with Crippen molar-refractivity contribution in [3.63, 3.8) is 0 Å². The van der Waals surface area contributed by atoms with Crippen molar-refractivity contribution in [3.05, 3.63) is 70.7 Å². The van der Waals surface area contributed by atoms with E-state index in [4.69, 9.17) is 11.6 Å². The van der Waals surface area contributed by atoms with Gasteiger partial charge in [-0.25, -0.2) is 0 Å². The Kier molecular flexibility index (Phi) is 2.85. The van der Waals surface area contributed by atoms with Crippen LogP contribution < -0.4 is 0 Å². The van der Waals surface area contributed by atoms with Crippen LogP contribution in [0.5, 0.6) is 0 Å². The molecule has 2 aromatic carbocycles. The van der Waals surface area contributed by atoms with Crippen LogP contribution in [0.15, 0.2) is 48.5 Å². The van der Waals surface area contributed by atoms with E-state index in [0.29, 0.717) is 0 Å². The van der Waals surface area contributed by atoms with Crippen LogP contribution in [0.1, 0.15) is 11.1 Å². The summed E-state index contributed by atoms with van der Waals surface area (Å²) in [4.78, 5) is 0. The molecule has 14 heavy (non-hydrogen) atoms. The minimum Gasteiger partial charge on any atom is -0.0843 e. The monoisotopic (exact) mass is 201 g/mol. The zero-order valence-corrected chi connectivity index (χ0v) is 8.46. The Hall–Kier alpha value is -1.27. The maximum Gasteiger partial charge on any atom is 0.0406 e. The van der Waals surface area contributed by atoms with Gasteiger partial charge in [-0.15, -0.1) is 0 Å². The van der Waals surface area contributed by atoms with Crippen LogP contribution in [0, 0.1) is 6.07 Å². The quantitative estimate of drug-likeness (QED) is 0.695. The first-order valence-electron chi connectivity index (χ1n) is 4.54. The van der Waals surface area contributed by atoms with Gasteiger partial charge in [-0.2, -0.15) is 0 Å². The molecule has 2 rings (SSSR count). The lowest BCUT2D eigenvalue weighted by Crippen LogP contribution is -1.86. The summed E-state index contributed by atoms with van der Waals surface area (Å²) in [5, 5.41) is 0.787. The molecule has 0 aliphatic heterocycles. The molecule has 0 N–H and O–H groups in total. The lowest BCUT2D eigenvalue weighted by Gasteiger charge is -2.01. The van der Waals surface area contributed by atoms with Gasteiger partial charge in [-0.3, -0.25) is 0 Å². The van der Waals surface area contributed by atoms with Gasteiger partial charge in [0.05, 0.1) is 0 Å². The molecule has 0 saturated carbocycles. The number of hydrogen-bond acceptors (Lipinski definition) is 0.